The summed E-state index contributed by atoms with van der Waals surface area (Å²) in [6.07, 6.45) is -2.85. The van der Waals surface area contributed by atoms with Crippen molar-refractivity contribution in [2.45, 2.75) is 38.4 Å². The Labute approximate surface area is 206 Å². The molecule has 3 N–H and O–H groups in total. The molecule has 0 spiro atoms. The van der Waals surface area contributed by atoms with E-state index in [0.717, 1.165) is 22.6 Å². The highest BCUT2D eigenvalue weighted by molar-refractivity contribution is 6.54. The van der Waals surface area contributed by atoms with Crippen molar-refractivity contribution in [3.63, 3.8) is 0 Å². The highest BCUT2D eigenvalue weighted by Crippen LogP contribution is 2.35. The second-order valence-electron chi connectivity index (χ2n) is 8.94. The lowest BCUT2D eigenvalue weighted by molar-refractivity contribution is -0.145. The molecule has 1 aliphatic rings. The zero-order valence-electron chi connectivity index (χ0n) is 20.1. The molecule has 6 nitrogen and oxygen atoms in total. The van der Waals surface area contributed by atoms with Gasteiger partial charge in [0.05, 0.1) is 18.2 Å². The average molecular weight is 510 g/mol. The number of piperidine rings is 1. The minimum Gasteiger partial charge on any atom is -0.393 e. The Kier molecular flexibility index (Phi) is 8.00. The zero-order valence-corrected chi connectivity index (χ0v) is 20.1. The number of hydrogen-bond acceptors (Lipinski definition) is 5. The minimum absolute atomic E-state index is 0.0236. The molecule has 2 atom stereocenters. The molecular weight excluding hydrogens is 481 g/mol. The molecule has 0 aliphatic carbocycles. The van der Waals surface area contributed by atoms with E-state index in [-0.39, 0.29) is 17.9 Å². The van der Waals surface area contributed by atoms with Crippen molar-refractivity contribution in [3.05, 3.63) is 65.5 Å². The number of alkyl halides is 5. The molecule has 1 aliphatic heterocycles. The molecule has 0 radical (unpaired) electrons. The van der Waals surface area contributed by atoms with Crippen LogP contribution in [0.1, 0.15) is 30.0 Å². The monoisotopic (exact) mass is 509 g/mol. The molecule has 194 valence electrons. The predicted octanol–water partition coefficient (Wildman–Crippen LogP) is 4.97. The van der Waals surface area contributed by atoms with Crippen molar-refractivity contribution in [1.82, 2.24) is 15.2 Å². The Balaban J connectivity index is 1.84. The van der Waals surface area contributed by atoms with E-state index < -0.39 is 54.2 Å². The van der Waals surface area contributed by atoms with Crippen molar-refractivity contribution in [1.29, 1.82) is 5.41 Å². The molecule has 0 saturated carbocycles. The molecule has 3 rings (SSSR count). The Morgan fingerprint density at radius 1 is 1.22 bits per heavy atom. The molecule has 36 heavy (non-hydrogen) atoms. The Morgan fingerprint density at radius 3 is 2.44 bits per heavy atom. The van der Waals surface area contributed by atoms with E-state index in [1.165, 1.54) is 6.20 Å². The number of benzene rings is 1. The number of pyridine rings is 1. The average Bonchev–Trinajstić information content (AvgIpc) is 2.80. The van der Waals surface area contributed by atoms with Gasteiger partial charge in [-0.2, -0.15) is 13.2 Å². The lowest BCUT2D eigenvalue weighted by Gasteiger charge is -2.43. The van der Waals surface area contributed by atoms with Crippen LogP contribution in [0.15, 0.2) is 48.8 Å². The summed E-state index contributed by atoms with van der Waals surface area (Å²) in [5, 5.41) is 14.2. The number of anilines is 1. The van der Waals surface area contributed by atoms with Crippen LogP contribution in [0.4, 0.5) is 27.8 Å². The van der Waals surface area contributed by atoms with Gasteiger partial charge in [0.15, 0.2) is 0 Å². The van der Waals surface area contributed by atoms with Crippen LogP contribution in [0.25, 0.3) is 5.57 Å². The highest BCUT2D eigenvalue weighted by atomic mass is 19.4. The van der Waals surface area contributed by atoms with Crippen LogP contribution in [0.3, 0.4) is 0 Å². The Morgan fingerprint density at radius 2 is 1.89 bits per heavy atom. The normalized spacial score (nSPS) is 20.1. The van der Waals surface area contributed by atoms with E-state index in [2.05, 4.69) is 15.6 Å². The van der Waals surface area contributed by atoms with E-state index in [1.807, 2.05) is 19.1 Å². The third-order valence-corrected chi connectivity index (χ3v) is 6.06. The summed E-state index contributed by atoms with van der Waals surface area (Å²) in [6.45, 7) is 2.58. The van der Waals surface area contributed by atoms with Crippen LogP contribution in [0.2, 0.25) is 0 Å². The third-order valence-electron chi connectivity index (χ3n) is 6.06. The summed E-state index contributed by atoms with van der Waals surface area (Å²) in [7, 11) is 1.60. The molecule has 1 amide bonds. The van der Waals surface area contributed by atoms with Gasteiger partial charge in [-0.1, -0.05) is 36.8 Å². The zero-order chi connectivity index (χ0) is 26.7. The van der Waals surface area contributed by atoms with Gasteiger partial charge in [-0.3, -0.25) is 10.2 Å². The van der Waals surface area contributed by atoms with Crippen molar-refractivity contribution >= 4 is 23.0 Å². The quantitative estimate of drug-likeness (QED) is 0.364. The van der Waals surface area contributed by atoms with Crippen LogP contribution in [0.5, 0.6) is 0 Å². The minimum atomic E-state index is -4.53. The Bertz CT molecular complexity index is 1110. The summed E-state index contributed by atoms with van der Waals surface area (Å²) in [6, 6.07) is 8.38. The van der Waals surface area contributed by atoms with Gasteiger partial charge in [0, 0.05) is 38.0 Å². The predicted molar refractivity (Wildman–Crippen MR) is 128 cm³/mol. The number of aryl methyl sites for hydroxylation is 1. The number of nitrogens with zero attached hydrogens (tertiary/aromatic N) is 2. The maximum atomic E-state index is 14.5. The molecule has 2 unspecified atom stereocenters. The first-order valence-corrected chi connectivity index (χ1v) is 11.3. The van der Waals surface area contributed by atoms with Crippen LogP contribution in [0, 0.1) is 18.3 Å². The molecule has 2 heterocycles. The number of carbonyl (C=O) groups excluding carboxylic acids is 1. The van der Waals surface area contributed by atoms with Gasteiger partial charge < -0.3 is 15.5 Å². The van der Waals surface area contributed by atoms with Gasteiger partial charge in [-0.15, -0.1) is 0 Å². The van der Waals surface area contributed by atoms with Crippen molar-refractivity contribution in [2.24, 2.45) is 5.92 Å². The largest absolute Gasteiger partial charge is 0.417 e. The molecular formula is C25H28F5N5O. The van der Waals surface area contributed by atoms with E-state index >= 15 is 0 Å². The number of likely N-dealkylation sites (tertiary alicyclic amines) is 1. The van der Waals surface area contributed by atoms with E-state index in [1.54, 1.807) is 26.1 Å². The SMILES string of the molecule is CN/C=C(\C(=N)C(=O)N1CC(F)(F)CC(C)C1CNc1ccc(C(F)(F)F)cn1)c1ccc(C)cc1. The van der Waals surface area contributed by atoms with Crippen LogP contribution < -0.4 is 10.6 Å². The van der Waals surface area contributed by atoms with Gasteiger partial charge in [-0.25, -0.2) is 13.8 Å². The van der Waals surface area contributed by atoms with Crippen LogP contribution in [-0.4, -0.2) is 53.6 Å². The number of nitrogens with one attached hydrogen (secondary N) is 3. The van der Waals surface area contributed by atoms with E-state index in [4.69, 9.17) is 5.41 Å². The summed E-state index contributed by atoms with van der Waals surface area (Å²) in [5.41, 5.74) is 0.446. The third kappa shape index (κ3) is 6.38. The molecule has 11 heteroatoms. The standard InChI is InChI=1S/C25H28F5N5O/c1-15-4-6-17(7-5-15)19(12-32-3)22(31)23(36)35-14-24(26,27)10-16(2)20(35)13-34-21-9-8-18(11-33-21)25(28,29)30/h4-9,11-12,16,20,31-32H,10,13-14H2,1-3H3,(H,33,34)/b19-12-,31-22?. The first kappa shape index (κ1) is 27.1. The van der Waals surface area contributed by atoms with Gasteiger partial charge in [0.1, 0.15) is 11.5 Å². The molecule has 1 fully saturated rings. The van der Waals surface area contributed by atoms with E-state index in [0.29, 0.717) is 11.8 Å². The molecule has 1 aromatic heterocycles. The fourth-order valence-electron chi connectivity index (χ4n) is 4.19. The maximum absolute atomic E-state index is 14.5. The lowest BCUT2D eigenvalue weighted by Crippen LogP contribution is -2.58. The van der Waals surface area contributed by atoms with Crippen LogP contribution >= 0.6 is 0 Å². The second-order valence-corrected chi connectivity index (χ2v) is 8.94. The second kappa shape index (κ2) is 10.6. The molecule has 1 aromatic carbocycles. The summed E-state index contributed by atoms with van der Waals surface area (Å²) < 4.78 is 67.4. The fourth-order valence-corrected chi connectivity index (χ4v) is 4.19. The summed E-state index contributed by atoms with van der Waals surface area (Å²) in [5.74, 6) is -4.54. The van der Waals surface area contributed by atoms with Crippen molar-refractivity contribution < 1.29 is 26.7 Å². The topological polar surface area (TPSA) is 81.1 Å². The highest BCUT2D eigenvalue weighted by Gasteiger charge is 2.46. The van der Waals surface area contributed by atoms with Gasteiger partial charge in [-0.05, 0) is 30.5 Å². The lowest BCUT2D eigenvalue weighted by atomic mass is 9.87. The number of aromatic nitrogens is 1. The molecule has 1 saturated heterocycles. The van der Waals surface area contributed by atoms with Gasteiger partial charge in [0.2, 0.25) is 0 Å². The molecule has 2 aromatic rings. The fraction of sp³-hybridized carbons (Fsp3) is 0.400. The first-order valence-electron chi connectivity index (χ1n) is 11.3. The van der Waals surface area contributed by atoms with Crippen molar-refractivity contribution in [2.75, 3.05) is 25.5 Å². The number of hydrogen-bond donors (Lipinski definition) is 3. The number of amides is 1. The first-order chi connectivity index (χ1) is 16.8. The number of halogens is 5. The number of carbonyl (C=O) groups is 1. The van der Waals surface area contributed by atoms with E-state index in [9.17, 15) is 26.7 Å². The summed E-state index contributed by atoms with van der Waals surface area (Å²) in [4.78, 5) is 18.1. The number of rotatable bonds is 7. The van der Waals surface area contributed by atoms with Crippen LogP contribution in [-0.2, 0) is 11.0 Å². The molecule has 0 bridgehead atoms. The maximum Gasteiger partial charge on any atom is 0.417 e. The van der Waals surface area contributed by atoms with Gasteiger partial charge in [0.25, 0.3) is 11.8 Å². The Hall–Kier alpha value is -3.50. The summed E-state index contributed by atoms with van der Waals surface area (Å²) >= 11 is 0. The van der Waals surface area contributed by atoms with Gasteiger partial charge >= 0.3 is 6.18 Å². The smallest absolute Gasteiger partial charge is 0.393 e. The van der Waals surface area contributed by atoms with Crippen molar-refractivity contribution in [3.8, 4) is 0 Å².